The number of aldehydes is 1. The number of halogens is 1. The predicted molar refractivity (Wildman–Crippen MR) is 54.3 cm³/mol. The van der Waals surface area contributed by atoms with Crippen molar-refractivity contribution in [3.63, 3.8) is 0 Å². The van der Waals surface area contributed by atoms with Crippen molar-refractivity contribution in [2.24, 2.45) is 0 Å². The first-order valence-corrected chi connectivity index (χ1v) is 4.62. The number of carbonyl (C=O) groups excluding carboxylic acids is 2. The van der Waals surface area contributed by atoms with Crippen molar-refractivity contribution in [1.82, 2.24) is 0 Å². The zero-order chi connectivity index (χ0) is 10.0. The molecule has 0 atom stereocenters. The van der Waals surface area contributed by atoms with Gasteiger partial charge in [0.1, 0.15) is 0 Å². The Bertz CT molecular complexity index is 369. The summed E-state index contributed by atoms with van der Waals surface area (Å²) in [4.78, 5) is 21.7. The molecular formula is C10H9BrO2. The van der Waals surface area contributed by atoms with E-state index in [2.05, 4.69) is 15.9 Å². The molecule has 0 fully saturated rings. The molecule has 0 unspecified atom stereocenters. The molecule has 1 aromatic rings. The molecular weight excluding hydrogens is 232 g/mol. The monoisotopic (exact) mass is 240 g/mol. The maximum Gasteiger partial charge on any atom is 0.160 e. The maximum atomic E-state index is 11.1. The summed E-state index contributed by atoms with van der Waals surface area (Å²) in [7, 11) is 0. The van der Waals surface area contributed by atoms with Crippen LogP contribution in [0.15, 0.2) is 16.6 Å². The highest BCUT2D eigenvalue weighted by Gasteiger charge is 2.09. The standard InChI is InChI=1S/C10H9BrO2/c1-6-9(7(2)13)4-3-8(5-12)10(6)11/h3-5H,1-2H3. The molecule has 0 aromatic heterocycles. The van der Waals surface area contributed by atoms with E-state index in [1.54, 1.807) is 12.1 Å². The highest BCUT2D eigenvalue weighted by molar-refractivity contribution is 9.10. The Hall–Kier alpha value is -0.960. The fraction of sp³-hybridized carbons (Fsp3) is 0.200. The van der Waals surface area contributed by atoms with Crippen molar-refractivity contribution in [3.8, 4) is 0 Å². The van der Waals surface area contributed by atoms with Crippen LogP contribution in [0.1, 0.15) is 33.2 Å². The van der Waals surface area contributed by atoms with Gasteiger partial charge in [0.05, 0.1) is 0 Å². The zero-order valence-electron chi connectivity index (χ0n) is 7.43. The molecule has 0 aliphatic heterocycles. The Kier molecular flexibility index (Phi) is 2.98. The second-order valence-electron chi connectivity index (χ2n) is 2.82. The number of carbonyl (C=O) groups is 2. The first kappa shape index (κ1) is 10.1. The zero-order valence-corrected chi connectivity index (χ0v) is 9.01. The van der Waals surface area contributed by atoms with Gasteiger partial charge in [-0.2, -0.15) is 0 Å². The maximum absolute atomic E-state index is 11.1. The normalized spacial score (nSPS) is 9.77. The molecule has 0 saturated heterocycles. The minimum Gasteiger partial charge on any atom is -0.298 e. The van der Waals surface area contributed by atoms with Crippen LogP contribution in [0.4, 0.5) is 0 Å². The lowest BCUT2D eigenvalue weighted by molar-refractivity contribution is 0.101. The smallest absolute Gasteiger partial charge is 0.160 e. The molecule has 0 radical (unpaired) electrons. The van der Waals surface area contributed by atoms with Gasteiger partial charge < -0.3 is 0 Å². The van der Waals surface area contributed by atoms with Crippen LogP contribution in [0.3, 0.4) is 0 Å². The van der Waals surface area contributed by atoms with Gasteiger partial charge in [-0.1, -0.05) is 6.07 Å². The molecule has 3 heteroatoms. The van der Waals surface area contributed by atoms with Crippen molar-refractivity contribution in [2.45, 2.75) is 13.8 Å². The molecule has 0 aliphatic rings. The van der Waals surface area contributed by atoms with Crippen LogP contribution in [-0.4, -0.2) is 12.1 Å². The fourth-order valence-electron chi connectivity index (χ4n) is 1.18. The molecule has 13 heavy (non-hydrogen) atoms. The van der Waals surface area contributed by atoms with Crippen LogP contribution < -0.4 is 0 Å². The number of hydrogen-bond donors (Lipinski definition) is 0. The average Bonchev–Trinajstić information content (AvgIpc) is 2.09. The third-order valence-corrected chi connectivity index (χ3v) is 2.98. The summed E-state index contributed by atoms with van der Waals surface area (Å²) in [6.07, 6.45) is 0.765. The molecule has 0 spiro atoms. The Balaban J connectivity index is 3.39. The van der Waals surface area contributed by atoms with Crippen LogP contribution in [0.25, 0.3) is 0 Å². The van der Waals surface area contributed by atoms with Crippen LogP contribution in [0.5, 0.6) is 0 Å². The predicted octanol–water partition coefficient (Wildman–Crippen LogP) is 2.77. The third-order valence-electron chi connectivity index (χ3n) is 1.92. The number of rotatable bonds is 2. The van der Waals surface area contributed by atoms with Gasteiger partial charge >= 0.3 is 0 Å². The van der Waals surface area contributed by atoms with E-state index < -0.39 is 0 Å². The Morgan fingerprint density at radius 3 is 2.54 bits per heavy atom. The summed E-state index contributed by atoms with van der Waals surface area (Å²) < 4.78 is 0.704. The molecule has 0 saturated carbocycles. The molecule has 1 rings (SSSR count). The number of hydrogen-bond acceptors (Lipinski definition) is 2. The van der Waals surface area contributed by atoms with Crippen molar-refractivity contribution in [3.05, 3.63) is 33.3 Å². The van der Waals surface area contributed by atoms with E-state index >= 15 is 0 Å². The van der Waals surface area contributed by atoms with Gasteiger partial charge in [-0.25, -0.2) is 0 Å². The van der Waals surface area contributed by atoms with Gasteiger partial charge in [-0.15, -0.1) is 0 Å². The molecule has 0 N–H and O–H groups in total. The van der Waals surface area contributed by atoms with Gasteiger partial charge in [0, 0.05) is 15.6 Å². The first-order valence-electron chi connectivity index (χ1n) is 3.83. The van der Waals surface area contributed by atoms with E-state index in [0.717, 1.165) is 11.8 Å². The topological polar surface area (TPSA) is 34.1 Å². The van der Waals surface area contributed by atoms with Crippen LogP contribution >= 0.6 is 15.9 Å². The largest absolute Gasteiger partial charge is 0.298 e. The molecule has 0 heterocycles. The van der Waals surface area contributed by atoms with Crippen LogP contribution in [-0.2, 0) is 0 Å². The minimum absolute atomic E-state index is 0.00986. The van der Waals surface area contributed by atoms with Gasteiger partial charge in [0.2, 0.25) is 0 Å². The van der Waals surface area contributed by atoms with Gasteiger partial charge in [-0.05, 0) is 41.4 Å². The van der Waals surface area contributed by atoms with E-state index in [9.17, 15) is 9.59 Å². The summed E-state index contributed by atoms with van der Waals surface area (Å²) >= 11 is 3.28. The van der Waals surface area contributed by atoms with Crippen molar-refractivity contribution < 1.29 is 9.59 Å². The minimum atomic E-state index is 0.00986. The lowest BCUT2D eigenvalue weighted by atomic mass is 10.0. The van der Waals surface area contributed by atoms with E-state index in [0.29, 0.717) is 15.6 Å². The molecule has 68 valence electrons. The van der Waals surface area contributed by atoms with Gasteiger partial charge in [0.25, 0.3) is 0 Å². The number of ketones is 1. The molecule has 0 amide bonds. The molecule has 1 aromatic carbocycles. The van der Waals surface area contributed by atoms with E-state index in [4.69, 9.17) is 0 Å². The Morgan fingerprint density at radius 2 is 2.08 bits per heavy atom. The van der Waals surface area contributed by atoms with E-state index in [1.807, 2.05) is 6.92 Å². The third kappa shape index (κ3) is 1.86. The van der Waals surface area contributed by atoms with E-state index in [-0.39, 0.29) is 5.78 Å². The van der Waals surface area contributed by atoms with Crippen LogP contribution in [0.2, 0.25) is 0 Å². The van der Waals surface area contributed by atoms with Crippen LogP contribution in [0, 0.1) is 6.92 Å². The Labute approximate surface area is 85.1 Å². The summed E-state index contributed by atoms with van der Waals surface area (Å²) in [6.45, 7) is 3.32. The lowest BCUT2D eigenvalue weighted by Gasteiger charge is -2.05. The molecule has 0 bridgehead atoms. The summed E-state index contributed by atoms with van der Waals surface area (Å²) in [6, 6.07) is 3.31. The number of benzene rings is 1. The summed E-state index contributed by atoms with van der Waals surface area (Å²) in [5.41, 5.74) is 2.04. The first-order chi connectivity index (χ1) is 6.07. The quantitative estimate of drug-likeness (QED) is 0.589. The van der Waals surface area contributed by atoms with Crippen molar-refractivity contribution >= 4 is 28.0 Å². The van der Waals surface area contributed by atoms with Crippen molar-refractivity contribution in [2.75, 3.05) is 0 Å². The summed E-state index contributed by atoms with van der Waals surface area (Å²) in [5, 5.41) is 0. The van der Waals surface area contributed by atoms with Gasteiger partial charge in [0.15, 0.2) is 12.1 Å². The average molecular weight is 241 g/mol. The van der Waals surface area contributed by atoms with Gasteiger partial charge in [-0.3, -0.25) is 9.59 Å². The van der Waals surface area contributed by atoms with E-state index in [1.165, 1.54) is 6.92 Å². The second kappa shape index (κ2) is 3.83. The second-order valence-corrected chi connectivity index (χ2v) is 3.61. The SMILES string of the molecule is CC(=O)c1ccc(C=O)c(Br)c1C. The summed E-state index contributed by atoms with van der Waals surface area (Å²) in [5.74, 6) is 0.00986. The Morgan fingerprint density at radius 1 is 1.46 bits per heavy atom. The molecule has 2 nitrogen and oxygen atoms in total. The highest BCUT2D eigenvalue weighted by Crippen LogP contribution is 2.23. The lowest BCUT2D eigenvalue weighted by Crippen LogP contribution is -1.98. The number of Topliss-reactive ketones (excluding diaryl/α,β-unsaturated/α-hetero) is 1. The fourth-order valence-corrected chi connectivity index (χ4v) is 1.62. The van der Waals surface area contributed by atoms with Crippen molar-refractivity contribution in [1.29, 1.82) is 0 Å². The highest BCUT2D eigenvalue weighted by atomic mass is 79.9. The molecule has 0 aliphatic carbocycles.